The van der Waals surface area contributed by atoms with Crippen LogP contribution in [0, 0.1) is 0 Å². The lowest BCUT2D eigenvalue weighted by atomic mass is 9.96. The van der Waals surface area contributed by atoms with E-state index in [4.69, 9.17) is 4.74 Å². The van der Waals surface area contributed by atoms with Crippen molar-refractivity contribution in [2.75, 3.05) is 7.11 Å². The maximum absolute atomic E-state index is 11.7. The van der Waals surface area contributed by atoms with E-state index in [2.05, 4.69) is 10.3 Å². The summed E-state index contributed by atoms with van der Waals surface area (Å²) < 4.78 is 4.82. The summed E-state index contributed by atoms with van der Waals surface area (Å²) in [5, 5.41) is 6.12. The number of rotatable bonds is 6. The molecule has 4 nitrogen and oxygen atoms in total. The van der Waals surface area contributed by atoms with Gasteiger partial charge < -0.3 is 4.74 Å². The molecular weight excluding hydrogens is 224 g/mol. The summed E-state index contributed by atoms with van der Waals surface area (Å²) in [6.45, 7) is 4.52. The summed E-state index contributed by atoms with van der Waals surface area (Å²) in [5.41, 5.74) is -0.616. The molecule has 16 heavy (non-hydrogen) atoms. The van der Waals surface area contributed by atoms with Gasteiger partial charge in [0.25, 0.3) is 0 Å². The van der Waals surface area contributed by atoms with Crippen LogP contribution in [0.1, 0.15) is 31.7 Å². The van der Waals surface area contributed by atoms with Crippen LogP contribution in [-0.4, -0.2) is 23.6 Å². The molecule has 0 amide bonds. The minimum Gasteiger partial charge on any atom is -0.468 e. The summed E-state index contributed by atoms with van der Waals surface area (Å²) in [5.74, 6) is -0.217. The number of carbonyl (C=O) groups is 1. The summed E-state index contributed by atoms with van der Waals surface area (Å²) in [4.78, 5) is 15.8. The van der Waals surface area contributed by atoms with Gasteiger partial charge in [0.2, 0.25) is 0 Å². The van der Waals surface area contributed by atoms with Gasteiger partial charge in [-0.1, -0.05) is 13.3 Å². The van der Waals surface area contributed by atoms with E-state index in [-0.39, 0.29) is 5.97 Å². The van der Waals surface area contributed by atoms with Crippen LogP contribution in [0.5, 0.6) is 0 Å². The van der Waals surface area contributed by atoms with Crippen LogP contribution >= 0.6 is 11.3 Å². The first-order valence-corrected chi connectivity index (χ1v) is 6.22. The third-order valence-corrected chi connectivity index (χ3v) is 3.28. The van der Waals surface area contributed by atoms with Gasteiger partial charge in [-0.2, -0.15) is 0 Å². The molecule has 0 aliphatic carbocycles. The molecule has 1 heterocycles. The number of hydrogen-bond acceptors (Lipinski definition) is 5. The topological polar surface area (TPSA) is 51.2 Å². The molecule has 0 aliphatic rings. The Labute approximate surface area is 100 Å². The van der Waals surface area contributed by atoms with E-state index < -0.39 is 5.54 Å². The lowest BCUT2D eigenvalue weighted by Crippen LogP contribution is -2.49. The highest BCUT2D eigenvalue weighted by atomic mass is 32.1. The Morgan fingerprint density at radius 2 is 2.44 bits per heavy atom. The zero-order valence-corrected chi connectivity index (χ0v) is 10.8. The van der Waals surface area contributed by atoms with Crippen LogP contribution in [0.3, 0.4) is 0 Å². The number of hydrogen-bond donors (Lipinski definition) is 1. The second-order valence-electron chi connectivity index (χ2n) is 3.85. The predicted molar refractivity (Wildman–Crippen MR) is 64.3 cm³/mol. The van der Waals surface area contributed by atoms with E-state index >= 15 is 0 Å². The van der Waals surface area contributed by atoms with E-state index in [0.717, 1.165) is 17.8 Å². The van der Waals surface area contributed by atoms with Crippen molar-refractivity contribution >= 4 is 17.3 Å². The third kappa shape index (κ3) is 3.28. The summed E-state index contributed by atoms with van der Waals surface area (Å²) in [6.07, 6.45) is 3.44. The lowest BCUT2D eigenvalue weighted by molar-refractivity contribution is -0.148. The molecule has 1 unspecified atom stereocenters. The number of carbonyl (C=O) groups excluding carboxylic acids is 1. The number of ether oxygens (including phenoxy) is 1. The highest BCUT2D eigenvalue weighted by Crippen LogP contribution is 2.16. The molecule has 1 rings (SSSR count). The van der Waals surface area contributed by atoms with E-state index in [0.29, 0.717) is 6.54 Å². The molecule has 1 aromatic heterocycles. The Kier molecular flexibility index (Phi) is 4.89. The third-order valence-electron chi connectivity index (χ3n) is 2.50. The molecule has 0 saturated heterocycles. The number of nitrogens with one attached hydrogen (secondary N) is 1. The van der Waals surface area contributed by atoms with E-state index in [1.165, 1.54) is 7.11 Å². The van der Waals surface area contributed by atoms with Crippen molar-refractivity contribution in [3.63, 3.8) is 0 Å². The average Bonchev–Trinajstić information content (AvgIpc) is 2.78. The van der Waals surface area contributed by atoms with Gasteiger partial charge in [0.05, 0.1) is 7.11 Å². The second-order valence-corrected chi connectivity index (χ2v) is 4.83. The van der Waals surface area contributed by atoms with Crippen molar-refractivity contribution in [2.45, 2.75) is 38.8 Å². The molecule has 1 N–H and O–H groups in total. The van der Waals surface area contributed by atoms with Gasteiger partial charge >= 0.3 is 5.97 Å². The van der Waals surface area contributed by atoms with E-state index in [1.807, 2.05) is 19.2 Å². The largest absolute Gasteiger partial charge is 0.468 e. The summed E-state index contributed by atoms with van der Waals surface area (Å²) >= 11 is 1.58. The highest BCUT2D eigenvalue weighted by Gasteiger charge is 2.32. The van der Waals surface area contributed by atoms with Crippen molar-refractivity contribution in [2.24, 2.45) is 0 Å². The quantitative estimate of drug-likeness (QED) is 0.775. The first-order valence-electron chi connectivity index (χ1n) is 5.34. The first kappa shape index (κ1) is 13.1. The lowest BCUT2D eigenvalue weighted by Gasteiger charge is -2.27. The number of esters is 1. The number of methoxy groups -OCH3 is 1. The van der Waals surface area contributed by atoms with Crippen LogP contribution in [0.25, 0.3) is 0 Å². The smallest absolute Gasteiger partial charge is 0.325 e. The molecule has 0 spiro atoms. The SMILES string of the molecule is CCCC(C)(NCc1nccs1)C(=O)OC. The Hall–Kier alpha value is -0.940. The highest BCUT2D eigenvalue weighted by molar-refractivity contribution is 7.09. The average molecular weight is 242 g/mol. The minimum absolute atomic E-state index is 0.217. The first-order chi connectivity index (χ1) is 7.62. The molecule has 0 saturated carbocycles. The fraction of sp³-hybridized carbons (Fsp3) is 0.636. The molecule has 1 atom stereocenters. The molecule has 90 valence electrons. The van der Waals surface area contributed by atoms with Gasteiger partial charge in [0.15, 0.2) is 0 Å². The Morgan fingerprint density at radius 3 is 2.94 bits per heavy atom. The maximum atomic E-state index is 11.7. The molecule has 0 radical (unpaired) electrons. The van der Waals surface area contributed by atoms with Crippen molar-refractivity contribution in [1.82, 2.24) is 10.3 Å². The zero-order valence-electron chi connectivity index (χ0n) is 9.95. The van der Waals surface area contributed by atoms with Crippen molar-refractivity contribution < 1.29 is 9.53 Å². The fourth-order valence-electron chi connectivity index (χ4n) is 1.60. The van der Waals surface area contributed by atoms with Crippen molar-refractivity contribution in [3.05, 3.63) is 16.6 Å². The summed E-state index contributed by atoms with van der Waals surface area (Å²) in [7, 11) is 1.42. The maximum Gasteiger partial charge on any atom is 0.325 e. The second kappa shape index (κ2) is 5.96. The van der Waals surface area contributed by atoms with Crippen molar-refractivity contribution in [1.29, 1.82) is 0 Å². The van der Waals surface area contributed by atoms with Gasteiger partial charge in [-0.05, 0) is 13.3 Å². The number of thiazole rings is 1. The van der Waals surface area contributed by atoms with Gasteiger partial charge in [-0.15, -0.1) is 11.3 Å². The summed E-state index contributed by atoms with van der Waals surface area (Å²) in [6, 6.07) is 0. The van der Waals surface area contributed by atoms with E-state index in [1.54, 1.807) is 17.5 Å². The van der Waals surface area contributed by atoms with Crippen molar-refractivity contribution in [3.8, 4) is 0 Å². The number of aromatic nitrogens is 1. The van der Waals surface area contributed by atoms with Gasteiger partial charge in [-0.3, -0.25) is 10.1 Å². The Balaban J connectivity index is 2.60. The van der Waals surface area contributed by atoms with Crippen LogP contribution in [0.2, 0.25) is 0 Å². The molecule has 5 heteroatoms. The standard InChI is InChI=1S/C11H18N2O2S/c1-4-5-11(2,10(14)15-3)13-8-9-12-6-7-16-9/h6-7,13H,4-5,8H2,1-3H3. The molecule has 0 bridgehead atoms. The van der Waals surface area contributed by atoms with Crippen LogP contribution in [-0.2, 0) is 16.1 Å². The molecule has 0 aliphatic heterocycles. The zero-order chi connectivity index (χ0) is 12.0. The monoisotopic (exact) mass is 242 g/mol. The van der Waals surface area contributed by atoms with Crippen LogP contribution in [0.15, 0.2) is 11.6 Å². The van der Waals surface area contributed by atoms with Crippen LogP contribution < -0.4 is 5.32 Å². The predicted octanol–water partition coefficient (Wildman–Crippen LogP) is 1.96. The minimum atomic E-state index is -0.616. The Morgan fingerprint density at radius 1 is 1.69 bits per heavy atom. The molecular formula is C11H18N2O2S. The molecule has 0 aromatic carbocycles. The van der Waals surface area contributed by atoms with Crippen LogP contribution in [0.4, 0.5) is 0 Å². The van der Waals surface area contributed by atoms with E-state index in [9.17, 15) is 4.79 Å². The molecule has 0 fully saturated rings. The number of nitrogens with zero attached hydrogens (tertiary/aromatic N) is 1. The Bertz CT molecular complexity index is 327. The van der Waals surface area contributed by atoms with Gasteiger partial charge in [0.1, 0.15) is 10.5 Å². The fourth-order valence-corrected chi connectivity index (χ4v) is 2.15. The molecule has 1 aromatic rings. The van der Waals surface area contributed by atoms with Gasteiger partial charge in [-0.25, -0.2) is 4.98 Å². The van der Waals surface area contributed by atoms with Gasteiger partial charge in [0, 0.05) is 18.1 Å². The normalized spacial score (nSPS) is 14.4.